The topological polar surface area (TPSA) is 27.1 Å². The Kier molecular flexibility index (Phi) is 4.44. The minimum absolute atomic E-state index is 0.740. The van der Waals surface area contributed by atoms with Crippen molar-refractivity contribution >= 4 is 11.8 Å². The first-order valence-electron chi connectivity index (χ1n) is 5.94. The van der Waals surface area contributed by atoms with Crippen molar-refractivity contribution in [2.24, 2.45) is 0 Å². The molecule has 0 spiro atoms. The van der Waals surface area contributed by atoms with E-state index >= 15 is 0 Å². The summed E-state index contributed by atoms with van der Waals surface area (Å²) < 4.78 is 7.19. The summed E-state index contributed by atoms with van der Waals surface area (Å²) in [6, 6.07) is 6.53. The maximum atomic E-state index is 5.07. The number of benzene rings is 1. The van der Waals surface area contributed by atoms with Gasteiger partial charge in [0.2, 0.25) is 0 Å². The van der Waals surface area contributed by atoms with Gasteiger partial charge in [-0.3, -0.25) is 4.57 Å². The van der Waals surface area contributed by atoms with Crippen LogP contribution in [0.4, 0.5) is 0 Å². The number of hydrogen-bond donors (Lipinski definition) is 0. The van der Waals surface area contributed by atoms with E-state index in [0.29, 0.717) is 0 Å². The largest absolute Gasteiger partial charge is 0.384 e. The Bertz CT molecular complexity index is 502. The van der Waals surface area contributed by atoms with Crippen molar-refractivity contribution in [3.8, 4) is 5.69 Å². The van der Waals surface area contributed by atoms with Crippen molar-refractivity contribution in [1.82, 2.24) is 9.55 Å². The minimum Gasteiger partial charge on any atom is -0.384 e. The molecule has 0 saturated heterocycles. The van der Waals surface area contributed by atoms with E-state index in [0.717, 1.165) is 17.5 Å². The van der Waals surface area contributed by atoms with E-state index in [-0.39, 0.29) is 0 Å². The van der Waals surface area contributed by atoms with E-state index in [1.54, 1.807) is 18.9 Å². The molecular formula is C14H18N2OS. The van der Waals surface area contributed by atoms with Crippen LogP contribution >= 0.6 is 11.8 Å². The molecule has 18 heavy (non-hydrogen) atoms. The number of ether oxygens (including phenoxy) is 1. The van der Waals surface area contributed by atoms with E-state index in [2.05, 4.69) is 41.6 Å². The van der Waals surface area contributed by atoms with Crippen LogP contribution in [0.2, 0.25) is 0 Å². The molecule has 0 saturated carbocycles. The third-order valence-electron chi connectivity index (χ3n) is 2.61. The lowest BCUT2D eigenvalue weighted by Crippen LogP contribution is -1.99. The summed E-state index contributed by atoms with van der Waals surface area (Å²) in [6.45, 7) is 4.97. The van der Waals surface area contributed by atoms with Crippen LogP contribution in [0.15, 0.2) is 35.7 Å². The molecule has 0 aliphatic carbocycles. The van der Waals surface area contributed by atoms with Crippen LogP contribution in [-0.4, -0.2) is 29.0 Å². The fourth-order valence-corrected chi connectivity index (χ4v) is 2.77. The standard InChI is InChI=1S/C14H18N2OS/c1-11-8-12(2)10-13(9-11)16-5-4-15-14(16)18-7-6-17-3/h4-5,8-10H,6-7H2,1-3H3. The van der Waals surface area contributed by atoms with Crippen LogP contribution in [0.5, 0.6) is 0 Å². The molecule has 3 nitrogen and oxygen atoms in total. The number of rotatable bonds is 5. The Morgan fingerprint density at radius 2 is 1.94 bits per heavy atom. The highest BCUT2D eigenvalue weighted by Gasteiger charge is 2.06. The molecule has 0 aliphatic heterocycles. The lowest BCUT2D eigenvalue weighted by molar-refractivity contribution is 0.218. The highest BCUT2D eigenvalue weighted by Crippen LogP contribution is 2.21. The highest BCUT2D eigenvalue weighted by molar-refractivity contribution is 7.99. The SMILES string of the molecule is COCCSc1nccn1-c1cc(C)cc(C)c1. The number of thioether (sulfide) groups is 1. The summed E-state index contributed by atoms with van der Waals surface area (Å²) in [5, 5.41) is 1.01. The molecule has 4 heteroatoms. The number of aryl methyl sites for hydroxylation is 2. The van der Waals surface area contributed by atoms with Crippen molar-refractivity contribution in [1.29, 1.82) is 0 Å². The van der Waals surface area contributed by atoms with Gasteiger partial charge in [-0.1, -0.05) is 17.8 Å². The van der Waals surface area contributed by atoms with Gasteiger partial charge in [0.1, 0.15) is 0 Å². The molecule has 0 bridgehead atoms. The second-order valence-electron chi connectivity index (χ2n) is 4.27. The lowest BCUT2D eigenvalue weighted by atomic mass is 10.1. The third-order valence-corrected chi connectivity index (χ3v) is 3.54. The van der Waals surface area contributed by atoms with Gasteiger partial charge in [0.15, 0.2) is 5.16 Å². The van der Waals surface area contributed by atoms with Crippen LogP contribution in [0, 0.1) is 13.8 Å². The number of nitrogens with zero attached hydrogens (tertiary/aromatic N) is 2. The summed E-state index contributed by atoms with van der Waals surface area (Å²) >= 11 is 1.71. The lowest BCUT2D eigenvalue weighted by Gasteiger charge is -2.09. The zero-order valence-electron chi connectivity index (χ0n) is 11.0. The quantitative estimate of drug-likeness (QED) is 0.611. The van der Waals surface area contributed by atoms with Crippen LogP contribution < -0.4 is 0 Å². The Morgan fingerprint density at radius 1 is 1.22 bits per heavy atom. The van der Waals surface area contributed by atoms with Gasteiger partial charge in [-0.2, -0.15) is 0 Å². The third kappa shape index (κ3) is 3.15. The van der Waals surface area contributed by atoms with Gasteiger partial charge in [-0.25, -0.2) is 4.98 Å². The van der Waals surface area contributed by atoms with Crippen LogP contribution in [0.3, 0.4) is 0 Å². The monoisotopic (exact) mass is 262 g/mol. The van der Waals surface area contributed by atoms with Gasteiger partial charge in [-0.05, 0) is 37.1 Å². The first-order chi connectivity index (χ1) is 8.70. The second kappa shape index (κ2) is 6.07. The summed E-state index contributed by atoms with van der Waals surface area (Å²) in [5.74, 6) is 0.915. The normalized spacial score (nSPS) is 10.8. The zero-order chi connectivity index (χ0) is 13.0. The van der Waals surface area contributed by atoms with Gasteiger partial charge < -0.3 is 4.74 Å². The highest BCUT2D eigenvalue weighted by atomic mass is 32.2. The van der Waals surface area contributed by atoms with Gasteiger partial charge >= 0.3 is 0 Å². The number of imidazole rings is 1. The Hall–Kier alpha value is -1.26. The molecular weight excluding hydrogens is 244 g/mol. The smallest absolute Gasteiger partial charge is 0.172 e. The molecule has 2 aromatic rings. The maximum absolute atomic E-state index is 5.07. The molecule has 0 N–H and O–H groups in total. The van der Waals surface area contributed by atoms with E-state index in [1.807, 2.05) is 12.4 Å². The fraction of sp³-hybridized carbons (Fsp3) is 0.357. The maximum Gasteiger partial charge on any atom is 0.172 e. The van der Waals surface area contributed by atoms with E-state index in [9.17, 15) is 0 Å². The fourth-order valence-electron chi connectivity index (χ4n) is 1.90. The second-order valence-corrected chi connectivity index (χ2v) is 5.33. The molecule has 1 aromatic carbocycles. The molecule has 0 fully saturated rings. The van der Waals surface area contributed by atoms with Crippen molar-refractivity contribution in [2.45, 2.75) is 19.0 Å². The Labute approximate surface area is 112 Å². The molecule has 0 unspecified atom stereocenters. The van der Waals surface area contributed by atoms with Crippen LogP contribution in [-0.2, 0) is 4.74 Å². The van der Waals surface area contributed by atoms with E-state index < -0.39 is 0 Å². The van der Waals surface area contributed by atoms with Crippen molar-refractivity contribution < 1.29 is 4.74 Å². The minimum atomic E-state index is 0.740. The van der Waals surface area contributed by atoms with Crippen molar-refractivity contribution in [3.63, 3.8) is 0 Å². The molecule has 96 valence electrons. The number of aromatic nitrogens is 2. The average molecular weight is 262 g/mol. The molecule has 2 rings (SSSR count). The summed E-state index contributed by atoms with van der Waals surface area (Å²) in [5.41, 5.74) is 3.71. The molecule has 0 amide bonds. The first kappa shape index (κ1) is 13.2. The van der Waals surface area contributed by atoms with Gasteiger partial charge in [0.05, 0.1) is 6.61 Å². The Balaban J connectivity index is 2.24. The molecule has 1 aromatic heterocycles. The molecule has 0 radical (unpaired) electrons. The van der Waals surface area contributed by atoms with Gasteiger partial charge in [0, 0.05) is 30.9 Å². The number of hydrogen-bond acceptors (Lipinski definition) is 3. The van der Waals surface area contributed by atoms with Crippen LogP contribution in [0.1, 0.15) is 11.1 Å². The van der Waals surface area contributed by atoms with E-state index in [1.165, 1.54) is 16.8 Å². The van der Waals surface area contributed by atoms with Gasteiger partial charge in [0.25, 0.3) is 0 Å². The van der Waals surface area contributed by atoms with Crippen LogP contribution in [0.25, 0.3) is 5.69 Å². The predicted molar refractivity (Wildman–Crippen MR) is 75.6 cm³/mol. The number of methoxy groups -OCH3 is 1. The Morgan fingerprint density at radius 3 is 2.61 bits per heavy atom. The van der Waals surface area contributed by atoms with Gasteiger partial charge in [-0.15, -0.1) is 0 Å². The summed E-state index contributed by atoms with van der Waals surface area (Å²) in [6.07, 6.45) is 3.84. The van der Waals surface area contributed by atoms with Crippen molar-refractivity contribution in [2.75, 3.05) is 19.5 Å². The predicted octanol–water partition coefficient (Wildman–Crippen LogP) is 3.23. The molecule has 0 aliphatic rings. The van der Waals surface area contributed by atoms with E-state index in [4.69, 9.17) is 4.74 Å². The summed E-state index contributed by atoms with van der Waals surface area (Å²) in [4.78, 5) is 4.39. The average Bonchev–Trinajstić information content (AvgIpc) is 2.76. The molecule has 1 heterocycles. The summed E-state index contributed by atoms with van der Waals surface area (Å²) in [7, 11) is 1.72. The van der Waals surface area contributed by atoms with Crippen molar-refractivity contribution in [3.05, 3.63) is 41.7 Å². The first-order valence-corrected chi connectivity index (χ1v) is 6.93. The zero-order valence-corrected chi connectivity index (χ0v) is 11.8. The molecule has 0 atom stereocenters.